The fraction of sp³-hybridized carbons (Fsp3) is 0.231. The molecule has 0 radical (unpaired) electrons. The van der Waals surface area contributed by atoms with Crippen molar-refractivity contribution in [2.24, 2.45) is 0 Å². The molecule has 98 valence electrons. The van der Waals surface area contributed by atoms with Gasteiger partial charge in [0.15, 0.2) is 11.5 Å². The molecule has 6 heteroatoms. The first-order chi connectivity index (χ1) is 9.22. The summed E-state index contributed by atoms with van der Waals surface area (Å²) in [5, 5.41) is 6.28. The van der Waals surface area contributed by atoms with Crippen LogP contribution in [0.4, 0.5) is 5.88 Å². The number of amides is 1. The molecule has 1 amide bonds. The van der Waals surface area contributed by atoms with E-state index >= 15 is 0 Å². The van der Waals surface area contributed by atoms with Crippen LogP contribution in [0.25, 0.3) is 0 Å². The molecule has 1 N–H and O–H groups in total. The molecule has 1 aliphatic rings. The molecule has 6 nitrogen and oxygen atoms in total. The number of para-hydroxylation sites is 2. The Labute approximate surface area is 109 Å². The van der Waals surface area contributed by atoms with Crippen molar-refractivity contribution in [2.45, 2.75) is 13.0 Å². The first-order valence-corrected chi connectivity index (χ1v) is 5.85. The van der Waals surface area contributed by atoms with Crippen LogP contribution in [0.2, 0.25) is 0 Å². The number of carbonyl (C=O) groups is 1. The predicted molar refractivity (Wildman–Crippen MR) is 66.2 cm³/mol. The molecule has 1 atom stereocenters. The van der Waals surface area contributed by atoms with Gasteiger partial charge in [0, 0.05) is 6.07 Å². The van der Waals surface area contributed by atoms with E-state index in [0.29, 0.717) is 23.1 Å². The quantitative estimate of drug-likeness (QED) is 0.890. The molecule has 3 rings (SSSR count). The van der Waals surface area contributed by atoms with Crippen LogP contribution in [-0.4, -0.2) is 23.8 Å². The highest BCUT2D eigenvalue weighted by Crippen LogP contribution is 2.31. The van der Waals surface area contributed by atoms with Crippen molar-refractivity contribution in [3.8, 4) is 11.5 Å². The number of benzene rings is 1. The third-order valence-electron chi connectivity index (χ3n) is 2.68. The van der Waals surface area contributed by atoms with Crippen molar-refractivity contribution < 1.29 is 18.8 Å². The van der Waals surface area contributed by atoms with Crippen molar-refractivity contribution in [1.82, 2.24) is 5.16 Å². The molecule has 1 aromatic heterocycles. The number of anilines is 1. The molecule has 1 aromatic carbocycles. The Hall–Kier alpha value is -2.50. The Bertz CT molecular complexity index is 608. The van der Waals surface area contributed by atoms with Gasteiger partial charge in [0.05, 0.1) is 5.69 Å². The normalized spacial score (nSPS) is 17.0. The minimum Gasteiger partial charge on any atom is -0.485 e. The molecule has 0 fully saturated rings. The maximum atomic E-state index is 12.0. The molecule has 0 spiro atoms. The number of carbonyl (C=O) groups excluding carboxylic acids is 1. The van der Waals surface area contributed by atoms with Crippen LogP contribution >= 0.6 is 0 Å². The minimum atomic E-state index is -0.708. The number of aryl methyl sites for hydroxylation is 1. The van der Waals surface area contributed by atoms with Crippen LogP contribution in [0.3, 0.4) is 0 Å². The summed E-state index contributed by atoms with van der Waals surface area (Å²) in [5.41, 5.74) is 0.696. The zero-order valence-electron chi connectivity index (χ0n) is 10.3. The van der Waals surface area contributed by atoms with Gasteiger partial charge in [0.25, 0.3) is 5.91 Å². The molecule has 0 saturated carbocycles. The maximum Gasteiger partial charge on any atom is 0.271 e. The second-order valence-electron chi connectivity index (χ2n) is 4.19. The Balaban J connectivity index is 1.69. The van der Waals surface area contributed by atoms with Gasteiger partial charge in [0.1, 0.15) is 6.61 Å². The predicted octanol–water partition coefficient (Wildman–Crippen LogP) is 1.76. The molecule has 19 heavy (non-hydrogen) atoms. The second-order valence-corrected chi connectivity index (χ2v) is 4.19. The Morgan fingerprint density at radius 1 is 1.37 bits per heavy atom. The van der Waals surface area contributed by atoms with Crippen LogP contribution in [0.5, 0.6) is 11.5 Å². The largest absolute Gasteiger partial charge is 0.485 e. The van der Waals surface area contributed by atoms with Gasteiger partial charge in [-0.2, -0.15) is 0 Å². The molecule has 0 bridgehead atoms. The number of aromatic nitrogens is 1. The summed E-state index contributed by atoms with van der Waals surface area (Å²) in [7, 11) is 0. The number of nitrogens with one attached hydrogen (secondary N) is 1. The summed E-state index contributed by atoms with van der Waals surface area (Å²) in [6.45, 7) is 1.94. The number of ether oxygens (including phenoxy) is 2. The zero-order chi connectivity index (χ0) is 13.2. The number of rotatable bonds is 2. The highest BCUT2D eigenvalue weighted by molar-refractivity contribution is 5.93. The molecular weight excluding hydrogens is 248 g/mol. The lowest BCUT2D eigenvalue weighted by molar-refractivity contribution is -0.125. The van der Waals surface area contributed by atoms with Gasteiger partial charge in [-0.3, -0.25) is 10.1 Å². The summed E-state index contributed by atoms with van der Waals surface area (Å²) >= 11 is 0. The highest BCUT2D eigenvalue weighted by Gasteiger charge is 2.27. The van der Waals surface area contributed by atoms with Gasteiger partial charge < -0.3 is 14.0 Å². The van der Waals surface area contributed by atoms with Crippen LogP contribution in [0.15, 0.2) is 34.9 Å². The lowest BCUT2D eigenvalue weighted by atomic mass is 10.2. The van der Waals surface area contributed by atoms with Gasteiger partial charge in [-0.25, -0.2) is 0 Å². The van der Waals surface area contributed by atoms with Crippen LogP contribution in [0, 0.1) is 6.92 Å². The van der Waals surface area contributed by atoms with E-state index in [-0.39, 0.29) is 12.5 Å². The van der Waals surface area contributed by atoms with Gasteiger partial charge in [0.2, 0.25) is 12.0 Å². The van der Waals surface area contributed by atoms with E-state index in [9.17, 15) is 4.79 Å². The topological polar surface area (TPSA) is 73.6 Å². The molecule has 2 heterocycles. The van der Waals surface area contributed by atoms with Crippen molar-refractivity contribution in [3.05, 3.63) is 36.0 Å². The Kier molecular flexibility index (Phi) is 2.83. The van der Waals surface area contributed by atoms with Crippen molar-refractivity contribution >= 4 is 11.8 Å². The van der Waals surface area contributed by atoms with Crippen LogP contribution in [0.1, 0.15) is 5.69 Å². The summed E-state index contributed by atoms with van der Waals surface area (Å²) in [5.74, 6) is 1.17. The molecule has 1 aliphatic heterocycles. The van der Waals surface area contributed by atoms with Gasteiger partial charge in [-0.15, -0.1) is 0 Å². The van der Waals surface area contributed by atoms with E-state index < -0.39 is 6.10 Å². The van der Waals surface area contributed by atoms with E-state index in [1.165, 1.54) is 0 Å². The van der Waals surface area contributed by atoms with Crippen LogP contribution in [-0.2, 0) is 4.79 Å². The fourth-order valence-electron chi connectivity index (χ4n) is 1.77. The van der Waals surface area contributed by atoms with E-state index in [4.69, 9.17) is 14.0 Å². The van der Waals surface area contributed by atoms with Gasteiger partial charge >= 0.3 is 0 Å². The lowest BCUT2D eigenvalue weighted by Gasteiger charge is -2.25. The number of hydrogen-bond acceptors (Lipinski definition) is 5. The Morgan fingerprint density at radius 2 is 2.16 bits per heavy atom. The van der Waals surface area contributed by atoms with E-state index in [0.717, 1.165) is 0 Å². The number of hydrogen-bond donors (Lipinski definition) is 1. The first kappa shape index (κ1) is 11.6. The average Bonchev–Trinajstić information content (AvgIpc) is 2.83. The first-order valence-electron chi connectivity index (χ1n) is 5.85. The van der Waals surface area contributed by atoms with E-state index in [1.54, 1.807) is 25.1 Å². The smallest absolute Gasteiger partial charge is 0.271 e. The molecule has 0 saturated heterocycles. The summed E-state index contributed by atoms with van der Waals surface area (Å²) in [6, 6.07) is 8.86. The van der Waals surface area contributed by atoms with Crippen molar-refractivity contribution in [1.29, 1.82) is 0 Å². The van der Waals surface area contributed by atoms with Crippen molar-refractivity contribution in [3.63, 3.8) is 0 Å². The third-order valence-corrected chi connectivity index (χ3v) is 2.68. The van der Waals surface area contributed by atoms with E-state index in [1.807, 2.05) is 12.1 Å². The molecule has 0 aliphatic carbocycles. The maximum absolute atomic E-state index is 12.0. The highest BCUT2D eigenvalue weighted by atomic mass is 16.6. The molecule has 2 aromatic rings. The van der Waals surface area contributed by atoms with Crippen LogP contribution < -0.4 is 14.8 Å². The summed E-state index contributed by atoms with van der Waals surface area (Å²) in [4.78, 5) is 12.0. The zero-order valence-corrected chi connectivity index (χ0v) is 10.3. The summed E-state index contributed by atoms with van der Waals surface area (Å²) < 4.78 is 16.0. The number of fused-ring (bicyclic) bond motifs is 1. The van der Waals surface area contributed by atoms with Gasteiger partial charge in [-0.1, -0.05) is 17.3 Å². The minimum absolute atomic E-state index is 0.163. The lowest BCUT2D eigenvalue weighted by Crippen LogP contribution is -2.40. The third kappa shape index (κ3) is 2.37. The molecular formula is C13H12N2O4. The van der Waals surface area contributed by atoms with E-state index in [2.05, 4.69) is 10.5 Å². The van der Waals surface area contributed by atoms with Crippen molar-refractivity contribution in [2.75, 3.05) is 11.9 Å². The van der Waals surface area contributed by atoms with Gasteiger partial charge in [-0.05, 0) is 19.1 Å². The monoisotopic (exact) mass is 260 g/mol. The fourth-order valence-corrected chi connectivity index (χ4v) is 1.77. The molecule has 0 unspecified atom stereocenters. The Morgan fingerprint density at radius 3 is 2.89 bits per heavy atom. The summed E-state index contributed by atoms with van der Waals surface area (Å²) in [6.07, 6.45) is -0.708. The standard InChI is InChI=1S/C13H12N2O4/c1-8-6-12(19-15-8)14-13(16)11-7-17-9-4-2-3-5-10(9)18-11/h2-6,11H,7H2,1H3,(H,14,16)/t11-/m1/s1. The number of nitrogens with zero attached hydrogens (tertiary/aromatic N) is 1. The average molecular weight is 260 g/mol. The SMILES string of the molecule is Cc1cc(NC(=O)[C@H]2COc3ccccc3O2)on1. The second kappa shape index (κ2) is 4.64.